The van der Waals surface area contributed by atoms with Crippen molar-refractivity contribution in [2.24, 2.45) is 0 Å². The summed E-state index contributed by atoms with van der Waals surface area (Å²) in [6, 6.07) is 20.1. The summed E-state index contributed by atoms with van der Waals surface area (Å²) in [5.41, 5.74) is 1.49. The first-order valence-corrected chi connectivity index (χ1v) is 11.1. The summed E-state index contributed by atoms with van der Waals surface area (Å²) in [5.74, 6) is 1.16. The van der Waals surface area contributed by atoms with Crippen molar-refractivity contribution >= 4 is 21.6 Å². The van der Waals surface area contributed by atoms with Gasteiger partial charge in [0.25, 0.3) is 15.9 Å². The quantitative estimate of drug-likeness (QED) is 0.496. The summed E-state index contributed by atoms with van der Waals surface area (Å²) in [6.07, 6.45) is 0. The number of methoxy groups -OCH3 is 1. The molecular weight excluding hydrogens is 416 g/mol. The third-order valence-electron chi connectivity index (χ3n) is 4.50. The molecule has 3 rings (SSSR count). The van der Waals surface area contributed by atoms with Crippen LogP contribution in [-0.4, -0.2) is 34.6 Å². The van der Waals surface area contributed by atoms with Gasteiger partial charge >= 0.3 is 0 Å². The van der Waals surface area contributed by atoms with Crippen LogP contribution in [0.25, 0.3) is 0 Å². The van der Waals surface area contributed by atoms with Crippen molar-refractivity contribution in [2.45, 2.75) is 11.8 Å². The summed E-state index contributed by atoms with van der Waals surface area (Å²) in [7, 11) is -2.10. The number of amides is 1. The smallest absolute Gasteiger partial charge is 0.261 e. The number of hydrogen-bond acceptors (Lipinski definition) is 5. The molecule has 31 heavy (non-hydrogen) atoms. The third-order valence-corrected chi connectivity index (χ3v) is 5.88. The Labute approximate surface area is 182 Å². The Hall–Kier alpha value is -3.52. The van der Waals surface area contributed by atoms with E-state index < -0.39 is 10.0 Å². The Morgan fingerprint density at radius 2 is 1.61 bits per heavy atom. The van der Waals surface area contributed by atoms with E-state index in [2.05, 4.69) is 10.0 Å². The van der Waals surface area contributed by atoms with Crippen LogP contribution in [0.15, 0.2) is 77.7 Å². The summed E-state index contributed by atoms with van der Waals surface area (Å²) >= 11 is 0. The van der Waals surface area contributed by atoms with Gasteiger partial charge in [-0.3, -0.25) is 9.52 Å². The topological polar surface area (TPSA) is 93.7 Å². The summed E-state index contributed by atoms with van der Waals surface area (Å²) < 4.78 is 38.2. The van der Waals surface area contributed by atoms with Gasteiger partial charge in [0.2, 0.25) is 0 Å². The zero-order valence-corrected chi connectivity index (χ0v) is 18.1. The van der Waals surface area contributed by atoms with E-state index in [1.807, 2.05) is 0 Å². The van der Waals surface area contributed by atoms with Gasteiger partial charge in [-0.1, -0.05) is 18.2 Å². The zero-order valence-electron chi connectivity index (χ0n) is 17.3. The molecule has 162 valence electrons. The number of ether oxygens (including phenoxy) is 2. The van der Waals surface area contributed by atoms with Gasteiger partial charge in [0.05, 0.1) is 24.2 Å². The minimum absolute atomic E-state index is 0.174. The van der Waals surface area contributed by atoms with Crippen molar-refractivity contribution in [3.05, 3.63) is 83.9 Å². The number of carbonyl (C=O) groups is 1. The predicted octanol–water partition coefficient (Wildman–Crippen LogP) is 3.61. The fourth-order valence-electron chi connectivity index (χ4n) is 2.83. The molecule has 7 nitrogen and oxygen atoms in total. The van der Waals surface area contributed by atoms with Gasteiger partial charge in [0.1, 0.15) is 18.1 Å². The molecule has 0 saturated carbocycles. The summed E-state index contributed by atoms with van der Waals surface area (Å²) in [4.78, 5) is 12.6. The Balaban J connectivity index is 1.54. The molecule has 3 aromatic carbocycles. The molecule has 1 amide bonds. The number of benzene rings is 3. The minimum atomic E-state index is -3.69. The van der Waals surface area contributed by atoms with Gasteiger partial charge in [-0.05, 0) is 67.1 Å². The van der Waals surface area contributed by atoms with E-state index in [0.29, 0.717) is 35.7 Å². The highest BCUT2D eigenvalue weighted by Crippen LogP contribution is 2.21. The molecule has 0 fully saturated rings. The molecule has 0 aliphatic carbocycles. The second kappa shape index (κ2) is 9.99. The molecule has 3 aromatic rings. The molecule has 0 saturated heterocycles. The van der Waals surface area contributed by atoms with Crippen LogP contribution in [-0.2, 0) is 10.0 Å². The molecule has 0 atom stereocenters. The zero-order chi connectivity index (χ0) is 22.3. The first-order chi connectivity index (χ1) is 14.9. The average Bonchev–Trinajstić information content (AvgIpc) is 2.79. The summed E-state index contributed by atoms with van der Waals surface area (Å²) in [6.45, 7) is 2.38. The lowest BCUT2D eigenvalue weighted by Crippen LogP contribution is -2.28. The fraction of sp³-hybridized carbons (Fsp3) is 0.174. The van der Waals surface area contributed by atoms with E-state index in [1.165, 1.54) is 12.1 Å². The fourth-order valence-corrected chi connectivity index (χ4v) is 3.98. The van der Waals surface area contributed by atoms with Gasteiger partial charge in [-0.15, -0.1) is 0 Å². The number of carbonyl (C=O) groups excluding carboxylic acids is 1. The molecule has 0 spiro atoms. The SMILES string of the molecule is COc1ccc(OCCNC(=O)c2ccc(NS(=O)(=O)c3ccccc3)c(C)c2)cc1. The molecule has 0 unspecified atom stereocenters. The van der Waals surface area contributed by atoms with Gasteiger partial charge in [0.15, 0.2) is 0 Å². The standard InChI is InChI=1S/C23H24N2O5S/c1-17-16-18(8-13-22(17)25-31(27,28)21-6-4-3-5-7-21)23(26)24-14-15-30-20-11-9-19(29-2)10-12-20/h3-13,16,25H,14-15H2,1-2H3,(H,24,26). The molecule has 0 bridgehead atoms. The van der Waals surface area contributed by atoms with Gasteiger partial charge < -0.3 is 14.8 Å². The lowest BCUT2D eigenvalue weighted by molar-refractivity contribution is 0.0947. The lowest BCUT2D eigenvalue weighted by atomic mass is 10.1. The monoisotopic (exact) mass is 440 g/mol. The highest BCUT2D eigenvalue weighted by atomic mass is 32.2. The van der Waals surface area contributed by atoms with Crippen molar-refractivity contribution in [1.29, 1.82) is 0 Å². The maximum absolute atomic E-state index is 12.5. The van der Waals surface area contributed by atoms with Crippen molar-refractivity contribution in [3.63, 3.8) is 0 Å². The van der Waals surface area contributed by atoms with Gasteiger partial charge in [-0.2, -0.15) is 0 Å². The number of aryl methyl sites for hydroxylation is 1. The van der Waals surface area contributed by atoms with Crippen molar-refractivity contribution in [1.82, 2.24) is 5.32 Å². The lowest BCUT2D eigenvalue weighted by Gasteiger charge is -2.12. The van der Waals surface area contributed by atoms with Crippen LogP contribution in [0.3, 0.4) is 0 Å². The molecule has 0 aromatic heterocycles. The summed E-state index contributed by atoms with van der Waals surface area (Å²) in [5, 5.41) is 2.79. The number of sulfonamides is 1. The van der Waals surface area contributed by atoms with Gasteiger partial charge in [0, 0.05) is 5.56 Å². The molecule has 8 heteroatoms. The second-order valence-corrected chi connectivity index (χ2v) is 8.41. The van der Waals surface area contributed by atoms with E-state index in [0.717, 1.165) is 5.75 Å². The van der Waals surface area contributed by atoms with E-state index in [1.54, 1.807) is 74.7 Å². The normalized spacial score (nSPS) is 10.9. The predicted molar refractivity (Wildman–Crippen MR) is 119 cm³/mol. The van der Waals surface area contributed by atoms with Crippen LogP contribution in [0.2, 0.25) is 0 Å². The van der Waals surface area contributed by atoms with Crippen molar-refractivity contribution < 1.29 is 22.7 Å². The molecule has 2 N–H and O–H groups in total. The van der Waals surface area contributed by atoms with Crippen LogP contribution in [0.4, 0.5) is 5.69 Å². The van der Waals surface area contributed by atoms with Crippen molar-refractivity contribution in [3.8, 4) is 11.5 Å². The molecule has 0 radical (unpaired) electrons. The second-order valence-electron chi connectivity index (χ2n) is 6.73. The third kappa shape index (κ3) is 5.99. The minimum Gasteiger partial charge on any atom is -0.497 e. The Kier molecular flexibility index (Phi) is 7.15. The average molecular weight is 441 g/mol. The van der Waals surface area contributed by atoms with Crippen LogP contribution in [0.5, 0.6) is 11.5 Å². The largest absolute Gasteiger partial charge is 0.497 e. The Morgan fingerprint density at radius 1 is 0.935 bits per heavy atom. The molecule has 0 aliphatic rings. The Morgan fingerprint density at radius 3 is 2.26 bits per heavy atom. The Bertz CT molecular complexity index is 1130. The highest BCUT2D eigenvalue weighted by molar-refractivity contribution is 7.92. The first-order valence-electron chi connectivity index (χ1n) is 9.62. The van der Waals surface area contributed by atoms with E-state index in [9.17, 15) is 13.2 Å². The maximum Gasteiger partial charge on any atom is 0.261 e. The van der Waals surface area contributed by atoms with E-state index >= 15 is 0 Å². The number of rotatable bonds is 9. The number of hydrogen-bond donors (Lipinski definition) is 2. The molecule has 0 heterocycles. The first kappa shape index (κ1) is 22.2. The van der Waals surface area contributed by atoms with E-state index in [-0.39, 0.29) is 10.8 Å². The van der Waals surface area contributed by atoms with Gasteiger partial charge in [-0.25, -0.2) is 8.42 Å². The van der Waals surface area contributed by atoms with Crippen LogP contribution < -0.4 is 19.5 Å². The van der Waals surface area contributed by atoms with E-state index in [4.69, 9.17) is 9.47 Å². The number of anilines is 1. The molecular formula is C23H24N2O5S. The number of nitrogens with one attached hydrogen (secondary N) is 2. The van der Waals surface area contributed by atoms with Crippen LogP contribution in [0.1, 0.15) is 15.9 Å². The van der Waals surface area contributed by atoms with Crippen LogP contribution >= 0.6 is 0 Å². The van der Waals surface area contributed by atoms with Crippen LogP contribution in [0, 0.1) is 6.92 Å². The van der Waals surface area contributed by atoms with Crippen molar-refractivity contribution in [2.75, 3.05) is 25.0 Å². The highest BCUT2D eigenvalue weighted by Gasteiger charge is 2.15. The maximum atomic E-state index is 12.5. The molecule has 0 aliphatic heterocycles.